The molecule has 0 saturated heterocycles. The molecular formula is C19H27N3O4S2. The zero-order valence-corrected chi connectivity index (χ0v) is 18.1. The van der Waals surface area contributed by atoms with Gasteiger partial charge in [0.05, 0.1) is 24.5 Å². The standard InChI is InChI=1S/C19H27N3O4S2/c1-4-26-17-9-7-15(8-10-17)19-21-16(14-27-19)13-18(23)20-11-6-12-22(3)28(24,25)5-2/h7-10,14H,4-6,11-13H2,1-3H3,(H,20,23). The van der Waals surface area contributed by atoms with Crippen molar-refractivity contribution in [3.05, 3.63) is 35.3 Å². The third-order valence-corrected chi connectivity index (χ3v) is 6.92. The van der Waals surface area contributed by atoms with Crippen LogP contribution in [0.5, 0.6) is 5.75 Å². The van der Waals surface area contributed by atoms with E-state index in [0.29, 0.717) is 26.1 Å². The average Bonchev–Trinajstić information content (AvgIpc) is 3.14. The number of carbonyl (C=O) groups excluding carboxylic acids is 1. The minimum Gasteiger partial charge on any atom is -0.494 e. The fourth-order valence-electron chi connectivity index (χ4n) is 2.50. The van der Waals surface area contributed by atoms with Crippen LogP contribution in [0.15, 0.2) is 29.6 Å². The van der Waals surface area contributed by atoms with Gasteiger partial charge in [-0.1, -0.05) is 0 Å². The number of ether oxygens (including phenoxy) is 1. The summed E-state index contributed by atoms with van der Waals surface area (Å²) in [4.78, 5) is 16.6. The van der Waals surface area contributed by atoms with Gasteiger partial charge in [0, 0.05) is 31.1 Å². The number of sulfonamides is 1. The van der Waals surface area contributed by atoms with Crippen molar-refractivity contribution in [2.45, 2.75) is 26.7 Å². The Hall–Kier alpha value is -1.97. The first kappa shape index (κ1) is 22.3. The lowest BCUT2D eigenvalue weighted by atomic mass is 10.2. The highest BCUT2D eigenvalue weighted by atomic mass is 32.2. The minimum atomic E-state index is -3.17. The molecule has 1 N–H and O–H groups in total. The van der Waals surface area contributed by atoms with Gasteiger partial charge in [0.15, 0.2) is 0 Å². The van der Waals surface area contributed by atoms with Crippen molar-refractivity contribution in [3.63, 3.8) is 0 Å². The van der Waals surface area contributed by atoms with Gasteiger partial charge in [-0.15, -0.1) is 11.3 Å². The molecule has 2 aromatic rings. The number of hydrogen-bond acceptors (Lipinski definition) is 6. The number of carbonyl (C=O) groups is 1. The Kier molecular flexibility index (Phi) is 8.40. The van der Waals surface area contributed by atoms with E-state index in [1.807, 2.05) is 36.6 Å². The van der Waals surface area contributed by atoms with Crippen LogP contribution in [-0.4, -0.2) is 56.1 Å². The Bertz CT molecular complexity index is 864. The van der Waals surface area contributed by atoms with Gasteiger partial charge in [-0.3, -0.25) is 4.79 Å². The molecule has 2 rings (SSSR count). The van der Waals surface area contributed by atoms with Crippen LogP contribution in [0.1, 0.15) is 26.0 Å². The summed E-state index contributed by atoms with van der Waals surface area (Å²) >= 11 is 1.50. The lowest BCUT2D eigenvalue weighted by Gasteiger charge is -2.15. The fourth-order valence-corrected chi connectivity index (χ4v) is 4.17. The van der Waals surface area contributed by atoms with E-state index in [0.717, 1.165) is 22.0 Å². The van der Waals surface area contributed by atoms with E-state index in [-0.39, 0.29) is 18.1 Å². The molecule has 1 aromatic carbocycles. The van der Waals surface area contributed by atoms with Crippen LogP contribution in [0.3, 0.4) is 0 Å². The van der Waals surface area contributed by atoms with E-state index in [1.165, 1.54) is 15.6 Å². The summed E-state index contributed by atoms with van der Waals surface area (Å²) in [5.74, 6) is 0.778. The van der Waals surface area contributed by atoms with Crippen LogP contribution in [0.25, 0.3) is 10.6 Å². The maximum atomic E-state index is 12.1. The number of nitrogens with zero attached hydrogens (tertiary/aromatic N) is 2. The number of amides is 1. The molecule has 0 aliphatic carbocycles. The Labute approximate surface area is 170 Å². The van der Waals surface area contributed by atoms with Gasteiger partial charge >= 0.3 is 0 Å². The first-order chi connectivity index (χ1) is 13.4. The van der Waals surface area contributed by atoms with Gasteiger partial charge in [-0.05, 0) is 44.5 Å². The molecule has 0 fully saturated rings. The largest absolute Gasteiger partial charge is 0.494 e. The van der Waals surface area contributed by atoms with Crippen LogP contribution >= 0.6 is 11.3 Å². The molecule has 1 heterocycles. The highest BCUT2D eigenvalue weighted by Gasteiger charge is 2.14. The lowest BCUT2D eigenvalue weighted by molar-refractivity contribution is -0.120. The van der Waals surface area contributed by atoms with Gasteiger partial charge in [0.2, 0.25) is 15.9 Å². The van der Waals surface area contributed by atoms with Gasteiger partial charge in [-0.2, -0.15) is 0 Å². The molecule has 7 nitrogen and oxygen atoms in total. The zero-order chi connectivity index (χ0) is 20.6. The summed E-state index contributed by atoms with van der Waals surface area (Å²) in [5.41, 5.74) is 1.71. The predicted octanol–water partition coefficient (Wildman–Crippen LogP) is 2.54. The summed E-state index contributed by atoms with van der Waals surface area (Å²) < 4.78 is 30.1. The lowest BCUT2D eigenvalue weighted by Crippen LogP contribution is -2.32. The predicted molar refractivity (Wildman–Crippen MR) is 112 cm³/mol. The van der Waals surface area contributed by atoms with Gasteiger partial charge < -0.3 is 10.1 Å². The Balaban J connectivity index is 1.79. The van der Waals surface area contributed by atoms with Gasteiger partial charge in [0.1, 0.15) is 10.8 Å². The molecule has 0 spiro atoms. The smallest absolute Gasteiger partial charge is 0.226 e. The maximum Gasteiger partial charge on any atom is 0.226 e. The van der Waals surface area contributed by atoms with Crippen LogP contribution < -0.4 is 10.1 Å². The summed E-state index contributed by atoms with van der Waals surface area (Å²) in [6.07, 6.45) is 0.770. The monoisotopic (exact) mass is 425 g/mol. The topological polar surface area (TPSA) is 88.6 Å². The average molecular weight is 426 g/mol. The third-order valence-electron chi connectivity index (χ3n) is 4.12. The van der Waals surface area contributed by atoms with Crippen LogP contribution in [0, 0.1) is 0 Å². The van der Waals surface area contributed by atoms with Crippen LogP contribution in [0.4, 0.5) is 0 Å². The second-order valence-electron chi connectivity index (χ2n) is 6.20. The normalized spacial score (nSPS) is 11.6. The van der Waals surface area contributed by atoms with Crippen molar-refractivity contribution in [1.82, 2.24) is 14.6 Å². The van der Waals surface area contributed by atoms with Crippen molar-refractivity contribution in [2.75, 3.05) is 32.5 Å². The molecule has 28 heavy (non-hydrogen) atoms. The van der Waals surface area contributed by atoms with Crippen LogP contribution in [0.2, 0.25) is 0 Å². The van der Waals surface area contributed by atoms with Crippen molar-refractivity contribution >= 4 is 27.3 Å². The van der Waals surface area contributed by atoms with Crippen molar-refractivity contribution < 1.29 is 17.9 Å². The van der Waals surface area contributed by atoms with Gasteiger partial charge in [0.25, 0.3) is 0 Å². The summed E-state index contributed by atoms with van der Waals surface area (Å²) in [5, 5.41) is 5.55. The highest BCUT2D eigenvalue weighted by Crippen LogP contribution is 2.26. The summed E-state index contributed by atoms with van der Waals surface area (Å²) in [6.45, 7) is 4.99. The molecule has 0 radical (unpaired) electrons. The molecule has 0 aliphatic rings. The first-order valence-electron chi connectivity index (χ1n) is 9.24. The fraction of sp³-hybridized carbons (Fsp3) is 0.474. The molecule has 0 bridgehead atoms. The minimum absolute atomic E-state index is 0.0797. The molecule has 9 heteroatoms. The van der Waals surface area contributed by atoms with E-state index < -0.39 is 10.0 Å². The van der Waals surface area contributed by atoms with Crippen molar-refractivity contribution in [3.8, 4) is 16.3 Å². The van der Waals surface area contributed by atoms with E-state index in [9.17, 15) is 13.2 Å². The van der Waals surface area contributed by atoms with Crippen molar-refractivity contribution in [1.29, 1.82) is 0 Å². The second-order valence-corrected chi connectivity index (χ2v) is 9.43. The van der Waals surface area contributed by atoms with E-state index in [4.69, 9.17) is 4.74 Å². The molecule has 154 valence electrons. The Morgan fingerprint density at radius 1 is 1.25 bits per heavy atom. The number of rotatable bonds is 11. The Morgan fingerprint density at radius 2 is 1.96 bits per heavy atom. The SMILES string of the molecule is CCOc1ccc(-c2nc(CC(=O)NCCCN(C)S(=O)(=O)CC)cs2)cc1. The number of thiazole rings is 1. The summed E-state index contributed by atoms with van der Waals surface area (Å²) in [7, 11) is -1.62. The van der Waals surface area contributed by atoms with E-state index in [1.54, 1.807) is 14.0 Å². The van der Waals surface area contributed by atoms with E-state index in [2.05, 4.69) is 10.3 Å². The first-order valence-corrected chi connectivity index (χ1v) is 11.7. The Morgan fingerprint density at radius 3 is 2.61 bits per heavy atom. The van der Waals surface area contributed by atoms with Crippen LogP contribution in [-0.2, 0) is 21.2 Å². The quantitative estimate of drug-likeness (QED) is 0.559. The van der Waals surface area contributed by atoms with Gasteiger partial charge in [-0.25, -0.2) is 17.7 Å². The van der Waals surface area contributed by atoms with Crippen molar-refractivity contribution in [2.24, 2.45) is 0 Å². The molecule has 0 aliphatic heterocycles. The second kappa shape index (κ2) is 10.5. The number of aromatic nitrogens is 1. The zero-order valence-electron chi connectivity index (χ0n) is 16.5. The maximum absolute atomic E-state index is 12.1. The molecular weight excluding hydrogens is 398 g/mol. The number of nitrogens with one attached hydrogen (secondary N) is 1. The molecule has 1 aromatic heterocycles. The number of hydrogen-bond donors (Lipinski definition) is 1. The summed E-state index contributed by atoms with van der Waals surface area (Å²) in [6, 6.07) is 7.72. The highest BCUT2D eigenvalue weighted by molar-refractivity contribution is 7.89. The molecule has 0 atom stereocenters. The third kappa shape index (κ3) is 6.57. The molecule has 0 unspecified atom stereocenters. The molecule has 0 saturated carbocycles. The number of benzene rings is 1. The molecule has 1 amide bonds. The van der Waals surface area contributed by atoms with E-state index >= 15 is 0 Å².